The van der Waals surface area contributed by atoms with Gasteiger partial charge in [0, 0.05) is 38.4 Å². The van der Waals surface area contributed by atoms with E-state index in [4.69, 9.17) is 0 Å². The molecule has 2 heterocycles. The predicted octanol–water partition coefficient (Wildman–Crippen LogP) is 1.66. The van der Waals surface area contributed by atoms with E-state index >= 15 is 0 Å². The zero-order valence-corrected chi connectivity index (χ0v) is 10.5. The first-order chi connectivity index (χ1) is 8.26. The molecule has 3 rings (SSSR count). The molecular formula is C14H21N3. The van der Waals surface area contributed by atoms with Crippen molar-refractivity contribution in [3.63, 3.8) is 0 Å². The van der Waals surface area contributed by atoms with E-state index in [0.717, 1.165) is 13.1 Å². The van der Waals surface area contributed by atoms with Gasteiger partial charge in [-0.15, -0.1) is 0 Å². The molecule has 92 valence electrons. The average Bonchev–Trinajstić information content (AvgIpc) is 3.10. The molecular weight excluding hydrogens is 210 g/mol. The van der Waals surface area contributed by atoms with Gasteiger partial charge in [-0.25, -0.2) is 0 Å². The SMILES string of the molecule is CC1CN(Cc2ccccn2)CC2(CC2)CN1. The monoisotopic (exact) mass is 231 g/mol. The Morgan fingerprint density at radius 1 is 1.47 bits per heavy atom. The summed E-state index contributed by atoms with van der Waals surface area (Å²) in [6.45, 7) is 6.85. The van der Waals surface area contributed by atoms with Crippen molar-refractivity contribution >= 4 is 0 Å². The van der Waals surface area contributed by atoms with E-state index in [2.05, 4.69) is 34.3 Å². The first-order valence-corrected chi connectivity index (χ1v) is 6.61. The van der Waals surface area contributed by atoms with Crippen molar-refractivity contribution in [1.29, 1.82) is 0 Å². The van der Waals surface area contributed by atoms with E-state index < -0.39 is 0 Å². The summed E-state index contributed by atoms with van der Waals surface area (Å²) in [5, 5.41) is 3.65. The molecule has 2 fully saturated rings. The molecule has 1 spiro atoms. The minimum Gasteiger partial charge on any atom is -0.312 e. The molecule has 0 radical (unpaired) electrons. The Balaban J connectivity index is 1.68. The Morgan fingerprint density at radius 3 is 3.06 bits per heavy atom. The quantitative estimate of drug-likeness (QED) is 0.839. The second-order valence-corrected chi connectivity index (χ2v) is 5.77. The van der Waals surface area contributed by atoms with Gasteiger partial charge in [-0.1, -0.05) is 6.07 Å². The van der Waals surface area contributed by atoms with Crippen molar-refractivity contribution in [3.8, 4) is 0 Å². The topological polar surface area (TPSA) is 28.2 Å². The van der Waals surface area contributed by atoms with Gasteiger partial charge in [0.25, 0.3) is 0 Å². The van der Waals surface area contributed by atoms with Crippen LogP contribution in [-0.4, -0.2) is 35.6 Å². The number of aromatic nitrogens is 1. The van der Waals surface area contributed by atoms with Gasteiger partial charge in [0.1, 0.15) is 0 Å². The molecule has 0 amide bonds. The minimum atomic E-state index is 0.583. The van der Waals surface area contributed by atoms with E-state index in [-0.39, 0.29) is 0 Å². The van der Waals surface area contributed by atoms with Crippen LogP contribution in [0, 0.1) is 5.41 Å². The summed E-state index contributed by atoms with van der Waals surface area (Å²) in [5.41, 5.74) is 1.77. The fourth-order valence-electron chi connectivity index (χ4n) is 2.79. The van der Waals surface area contributed by atoms with Crippen LogP contribution in [0.5, 0.6) is 0 Å². The fraction of sp³-hybridized carbons (Fsp3) is 0.643. The van der Waals surface area contributed by atoms with Crippen LogP contribution in [-0.2, 0) is 6.54 Å². The summed E-state index contributed by atoms with van der Waals surface area (Å²) >= 11 is 0. The number of pyridine rings is 1. The minimum absolute atomic E-state index is 0.583. The second kappa shape index (κ2) is 4.39. The highest BCUT2D eigenvalue weighted by Crippen LogP contribution is 2.46. The summed E-state index contributed by atoms with van der Waals surface area (Å²) in [6, 6.07) is 6.79. The van der Waals surface area contributed by atoms with Crippen molar-refractivity contribution in [3.05, 3.63) is 30.1 Å². The molecule has 1 aliphatic carbocycles. The first kappa shape index (κ1) is 11.2. The van der Waals surface area contributed by atoms with E-state index in [9.17, 15) is 0 Å². The van der Waals surface area contributed by atoms with Crippen molar-refractivity contribution in [2.75, 3.05) is 19.6 Å². The van der Waals surface area contributed by atoms with Crippen LogP contribution < -0.4 is 5.32 Å². The van der Waals surface area contributed by atoms with Crippen molar-refractivity contribution in [1.82, 2.24) is 15.2 Å². The van der Waals surface area contributed by atoms with Crippen LogP contribution in [0.4, 0.5) is 0 Å². The number of nitrogens with zero attached hydrogens (tertiary/aromatic N) is 2. The summed E-state index contributed by atoms with van der Waals surface area (Å²) in [4.78, 5) is 7.00. The van der Waals surface area contributed by atoms with Crippen LogP contribution in [0.1, 0.15) is 25.5 Å². The Morgan fingerprint density at radius 2 is 2.35 bits per heavy atom. The van der Waals surface area contributed by atoms with E-state index in [1.165, 1.54) is 31.6 Å². The average molecular weight is 231 g/mol. The summed E-state index contributed by atoms with van der Waals surface area (Å²) in [7, 11) is 0. The van der Waals surface area contributed by atoms with Gasteiger partial charge < -0.3 is 5.32 Å². The lowest BCUT2D eigenvalue weighted by Crippen LogP contribution is -2.35. The Kier molecular flexibility index (Phi) is 2.89. The van der Waals surface area contributed by atoms with Crippen LogP contribution in [0.15, 0.2) is 24.4 Å². The van der Waals surface area contributed by atoms with Gasteiger partial charge in [-0.05, 0) is 37.3 Å². The van der Waals surface area contributed by atoms with Gasteiger partial charge in [0.2, 0.25) is 0 Å². The number of rotatable bonds is 2. The lowest BCUT2D eigenvalue weighted by atomic mass is 10.1. The Bertz CT molecular complexity index is 372. The normalized spacial score (nSPS) is 27.9. The largest absolute Gasteiger partial charge is 0.312 e. The third kappa shape index (κ3) is 2.67. The summed E-state index contributed by atoms with van der Waals surface area (Å²) in [6.07, 6.45) is 4.68. The predicted molar refractivity (Wildman–Crippen MR) is 68.6 cm³/mol. The lowest BCUT2D eigenvalue weighted by molar-refractivity contribution is 0.228. The third-order valence-corrected chi connectivity index (χ3v) is 3.99. The molecule has 1 aliphatic heterocycles. The van der Waals surface area contributed by atoms with Crippen LogP contribution >= 0.6 is 0 Å². The number of hydrogen-bond donors (Lipinski definition) is 1. The first-order valence-electron chi connectivity index (χ1n) is 6.61. The Labute approximate surface area is 103 Å². The summed E-state index contributed by atoms with van der Waals surface area (Å²) < 4.78 is 0. The molecule has 3 nitrogen and oxygen atoms in total. The smallest absolute Gasteiger partial charge is 0.0543 e. The maximum atomic E-state index is 4.43. The molecule has 3 heteroatoms. The van der Waals surface area contributed by atoms with Gasteiger partial charge >= 0.3 is 0 Å². The van der Waals surface area contributed by atoms with E-state index in [1.54, 1.807) is 0 Å². The molecule has 17 heavy (non-hydrogen) atoms. The number of nitrogens with one attached hydrogen (secondary N) is 1. The zero-order valence-electron chi connectivity index (χ0n) is 10.5. The van der Waals surface area contributed by atoms with Gasteiger partial charge in [0.05, 0.1) is 5.69 Å². The standard InChI is InChI=1S/C14H21N3/c1-12-8-17(9-13-4-2-3-7-15-13)11-14(5-6-14)10-16-12/h2-4,7,12,16H,5-6,8-11H2,1H3. The maximum Gasteiger partial charge on any atom is 0.0543 e. The highest BCUT2D eigenvalue weighted by molar-refractivity contribution is 5.05. The third-order valence-electron chi connectivity index (χ3n) is 3.99. The molecule has 1 unspecified atom stereocenters. The lowest BCUT2D eigenvalue weighted by Gasteiger charge is -2.24. The highest BCUT2D eigenvalue weighted by atomic mass is 15.2. The maximum absolute atomic E-state index is 4.43. The second-order valence-electron chi connectivity index (χ2n) is 5.77. The van der Waals surface area contributed by atoms with E-state index in [1.807, 2.05) is 12.3 Å². The van der Waals surface area contributed by atoms with Crippen LogP contribution in [0.25, 0.3) is 0 Å². The molecule has 1 aromatic heterocycles. The highest BCUT2D eigenvalue weighted by Gasteiger charge is 2.45. The fourth-order valence-corrected chi connectivity index (χ4v) is 2.79. The van der Waals surface area contributed by atoms with Crippen molar-refractivity contribution in [2.45, 2.75) is 32.4 Å². The molecule has 1 atom stereocenters. The summed E-state index contributed by atoms with van der Waals surface area (Å²) in [5.74, 6) is 0. The van der Waals surface area contributed by atoms with Crippen LogP contribution in [0.3, 0.4) is 0 Å². The molecule has 1 N–H and O–H groups in total. The van der Waals surface area contributed by atoms with Crippen molar-refractivity contribution < 1.29 is 0 Å². The molecule has 2 aliphatic rings. The number of hydrogen-bond acceptors (Lipinski definition) is 3. The van der Waals surface area contributed by atoms with Gasteiger partial charge in [-0.3, -0.25) is 9.88 Å². The molecule has 1 saturated carbocycles. The van der Waals surface area contributed by atoms with Crippen molar-refractivity contribution in [2.24, 2.45) is 5.41 Å². The van der Waals surface area contributed by atoms with Gasteiger partial charge in [-0.2, -0.15) is 0 Å². The molecule has 1 aromatic rings. The van der Waals surface area contributed by atoms with Crippen LogP contribution in [0.2, 0.25) is 0 Å². The molecule has 0 bridgehead atoms. The molecule has 1 saturated heterocycles. The molecule has 0 aromatic carbocycles. The van der Waals surface area contributed by atoms with Gasteiger partial charge in [0.15, 0.2) is 0 Å². The zero-order chi connectivity index (χ0) is 11.7. The van der Waals surface area contributed by atoms with E-state index in [0.29, 0.717) is 11.5 Å². The Hall–Kier alpha value is -0.930.